The fourth-order valence-corrected chi connectivity index (χ4v) is 3.87. The van der Waals surface area contributed by atoms with Crippen molar-refractivity contribution in [2.75, 3.05) is 0 Å². The molecule has 0 atom stereocenters. The molecule has 0 radical (unpaired) electrons. The second kappa shape index (κ2) is 6.79. The van der Waals surface area contributed by atoms with Gasteiger partial charge in [-0.1, -0.05) is 66.4 Å². The van der Waals surface area contributed by atoms with Gasteiger partial charge in [-0.2, -0.15) is 0 Å². The molecule has 5 rings (SSSR count). The normalized spacial score (nSPS) is 10.9. The van der Waals surface area contributed by atoms with Crippen molar-refractivity contribution in [3.63, 3.8) is 0 Å². The molecule has 2 heteroatoms. The Balaban J connectivity index is 1.66. The molecule has 0 aliphatic rings. The fraction of sp³-hybridized carbons (Fsp3) is 0.0769. The topological polar surface area (TPSA) is 9.86 Å². The second-order valence-corrected chi connectivity index (χ2v) is 6.99. The highest BCUT2D eigenvalue weighted by Crippen LogP contribution is 2.31. The summed E-state index contributed by atoms with van der Waals surface area (Å²) in [7, 11) is 2.13. The van der Waals surface area contributed by atoms with Crippen LogP contribution in [-0.2, 0) is 13.6 Å². The van der Waals surface area contributed by atoms with Gasteiger partial charge in [-0.25, -0.2) is 0 Å². The first kappa shape index (κ1) is 16.5. The maximum Gasteiger partial charge on any atom is 0.0847 e. The molecule has 28 heavy (non-hydrogen) atoms. The summed E-state index contributed by atoms with van der Waals surface area (Å²) in [5, 5.41) is 2.50. The van der Waals surface area contributed by atoms with Gasteiger partial charge < -0.3 is 9.13 Å². The van der Waals surface area contributed by atoms with E-state index in [0.29, 0.717) is 6.54 Å². The predicted octanol–water partition coefficient (Wildman–Crippen LogP) is 5.85. The Morgan fingerprint density at radius 2 is 1.29 bits per heavy atom. The largest absolute Gasteiger partial charge is 0.342 e. The lowest BCUT2D eigenvalue weighted by atomic mass is 10.2. The molecule has 3 aromatic carbocycles. The Labute approximate surface area is 164 Å². The summed E-state index contributed by atoms with van der Waals surface area (Å²) in [5.41, 5.74) is 5.90. The monoisotopic (exact) mass is 360 g/mol. The van der Waals surface area contributed by atoms with Crippen molar-refractivity contribution in [2.24, 2.45) is 7.05 Å². The standard InChI is InChI=1S/C26H20N2/c1-27-23-15-7-5-13-21(23)18-25(27)26-19-22-14-6-8-16-24(22)28(26)17-9-12-20-10-3-2-4-11-20/h2-8,10-11,13-16,18-19H,17H2,1H3. The summed E-state index contributed by atoms with van der Waals surface area (Å²) in [5.74, 6) is 6.65. The third kappa shape index (κ3) is 2.78. The number of para-hydroxylation sites is 2. The highest BCUT2D eigenvalue weighted by Gasteiger charge is 2.14. The van der Waals surface area contributed by atoms with Crippen molar-refractivity contribution in [3.8, 4) is 23.2 Å². The number of nitrogens with zero attached hydrogens (tertiary/aromatic N) is 2. The van der Waals surface area contributed by atoms with Crippen LogP contribution in [-0.4, -0.2) is 9.13 Å². The van der Waals surface area contributed by atoms with E-state index in [0.717, 1.165) is 5.56 Å². The Hall–Kier alpha value is -3.70. The van der Waals surface area contributed by atoms with Crippen LogP contribution in [0.3, 0.4) is 0 Å². The van der Waals surface area contributed by atoms with E-state index in [1.165, 1.54) is 33.2 Å². The number of rotatable bonds is 2. The first-order valence-electron chi connectivity index (χ1n) is 9.48. The summed E-state index contributed by atoms with van der Waals surface area (Å²) < 4.78 is 4.59. The highest BCUT2D eigenvalue weighted by atomic mass is 15.0. The van der Waals surface area contributed by atoms with E-state index in [1.54, 1.807) is 0 Å². The van der Waals surface area contributed by atoms with Gasteiger partial charge in [-0.15, -0.1) is 0 Å². The third-order valence-electron chi connectivity index (χ3n) is 5.27. The van der Waals surface area contributed by atoms with E-state index in [4.69, 9.17) is 0 Å². The van der Waals surface area contributed by atoms with Gasteiger partial charge in [0.25, 0.3) is 0 Å². The smallest absolute Gasteiger partial charge is 0.0847 e. The van der Waals surface area contributed by atoms with Gasteiger partial charge >= 0.3 is 0 Å². The lowest BCUT2D eigenvalue weighted by Crippen LogP contribution is -2.01. The summed E-state index contributed by atoms with van der Waals surface area (Å²) in [6.45, 7) is 0.652. The number of hydrogen-bond donors (Lipinski definition) is 0. The molecule has 5 aromatic rings. The van der Waals surface area contributed by atoms with Crippen LogP contribution in [0.2, 0.25) is 0 Å². The maximum absolute atomic E-state index is 3.36. The molecule has 0 N–H and O–H groups in total. The molecule has 0 fully saturated rings. The van der Waals surface area contributed by atoms with Crippen LogP contribution >= 0.6 is 0 Å². The van der Waals surface area contributed by atoms with E-state index in [-0.39, 0.29) is 0 Å². The maximum atomic E-state index is 3.36. The van der Waals surface area contributed by atoms with Gasteiger partial charge in [0.2, 0.25) is 0 Å². The SMILES string of the molecule is Cn1c(-c2cc3ccccc3n2CC#Cc2ccccc2)cc2ccccc21. The van der Waals surface area contributed by atoms with E-state index in [1.807, 2.05) is 30.3 Å². The van der Waals surface area contributed by atoms with E-state index >= 15 is 0 Å². The molecule has 2 aromatic heterocycles. The van der Waals surface area contributed by atoms with E-state index in [9.17, 15) is 0 Å². The van der Waals surface area contributed by atoms with Crippen LogP contribution in [0.1, 0.15) is 5.56 Å². The molecule has 0 saturated heterocycles. The Morgan fingerprint density at radius 3 is 2.04 bits per heavy atom. The van der Waals surface area contributed by atoms with Crippen molar-refractivity contribution in [2.45, 2.75) is 6.54 Å². The zero-order valence-corrected chi connectivity index (χ0v) is 15.8. The van der Waals surface area contributed by atoms with Crippen LogP contribution in [0.5, 0.6) is 0 Å². The van der Waals surface area contributed by atoms with Crippen LogP contribution < -0.4 is 0 Å². The minimum Gasteiger partial charge on any atom is -0.342 e. The third-order valence-corrected chi connectivity index (χ3v) is 5.27. The molecular weight excluding hydrogens is 340 g/mol. The van der Waals surface area contributed by atoms with Crippen molar-refractivity contribution in [1.29, 1.82) is 0 Å². The number of benzene rings is 3. The molecule has 2 heterocycles. The number of hydrogen-bond acceptors (Lipinski definition) is 0. The van der Waals surface area contributed by atoms with Crippen molar-refractivity contribution < 1.29 is 0 Å². The number of aromatic nitrogens is 2. The molecule has 2 nitrogen and oxygen atoms in total. The summed E-state index contributed by atoms with van der Waals surface area (Å²) in [6.07, 6.45) is 0. The minimum absolute atomic E-state index is 0.652. The quantitative estimate of drug-likeness (QED) is 0.349. The average Bonchev–Trinajstić information content (AvgIpc) is 3.27. The van der Waals surface area contributed by atoms with Gasteiger partial charge in [0, 0.05) is 34.4 Å². The lowest BCUT2D eigenvalue weighted by Gasteiger charge is -2.09. The number of aryl methyl sites for hydroxylation is 1. The average molecular weight is 360 g/mol. The van der Waals surface area contributed by atoms with Crippen molar-refractivity contribution in [3.05, 3.63) is 96.6 Å². The van der Waals surface area contributed by atoms with Crippen LogP contribution in [0, 0.1) is 11.8 Å². The molecule has 0 aliphatic carbocycles. The van der Waals surface area contributed by atoms with Gasteiger partial charge in [0.15, 0.2) is 0 Å². The van der Waals surface area contributed by atoms with Gasteiger partial charge in [0.05, 0.1) is 17.9 Å². The highest BCUT2D eigenvalue weighted by molar-refractivity contribution is 5.91. The Morgan fingerprint density at radius 1 is 0.679 bits per heavy atom. The van der Waals surface area contributed by atoms with Crippen molar-refractivity contribution in [1.82, 2.24) is 9.13 Å². The lowest BCUT2D eigenvalue weighted by molar-refractivity contribution is 0.872. The molecule has 0 bridgehead atoms. The molecule has 0 unspecified atom stereocenters. The van der Waals surface area contributed by atoms with Gasteiger partial charge in [-0.3, -0.25) is 0 Å². The van der Waals surface area contributed by atoms with Gasteiger partial charge in [-0.05, 0) is 36.4 Å². The predicted molar refractivity (Wildman–Crippen MR) is 117 cm³/mol. The molecular formula is C26H20N2. The molecule has 134 valence electrons. The summed E-state index contributed by atoms with van der Waals surface area (Å²) in [6, 6.07) is 31.7. The van der Waals surface area contributed by atoms with Crippen LogP contribution in [0.25, 0.3) is 33.2 Å². The van der Waals surface area contributed by atoms with Crippen molar-refractivity contribution >= 4 is 21.8 Å². The second-order valence-electron chi connectivity index (χ2n) is 6.99. The molecule has 0 amide bonds. The zero-order valence-electron chi connectivity index (χ0n) is 15.8. The Kier molecular flexibility index (Phi) is 4.00. The minimum atomic E-state index is 0.652. The first-order valence-corrected chi connectivity index (χ1v) is 9.48. The van der Waals surface area contributed by atoms with Crippen LogP contribution in [0.15, 0.2) is 91.0 Å². The number of fused-ring (bicyclic) bond motifs is 2. The van der Waals surface area contributed by atoms with Crippen LogP contribution in [0.4, 0.5) is 0 Å². The molecule has 0 aliphatic heterocycles. The summed E-state index contributed by atoms with van der Waals surface area (Å²) >= 11 is 0. The first-order chi connectivity index (χ1) is 13.8. The molecule has 0 spiro atoms. The summed E-state index contributed by atoms with van der Waals surface area (Å²) in [4.78, 5) is 0. The van der Waals surface area contributed by atoms with E-state index < -0.39 is 0 Å². The van der Waals surface area contributed by atoms with E-state index in [2.05, 4.69) is 88.7 Å². The Bertz CT molecular complexity index is 1340. The zero-order chi connectivity index (χ0) is 18.9. The molecule has 0 saturated carbocycles. The fourth-order valence-electron chi connectivity index (χ4n) is 3.87. The van der Waals surface area contributed by atoms with Gasteiger partial charge in [0.1, 0.15) is 0 Å².